The van der Waals surface area contributed by atoms with Gasteiger partial charge in [-0.3, -0.25) is 9.59 Å². The molecule has 230 valence electrons. The molecule has 3 fully saturated rings. The summed E-state index contributed by atoms with van der Waals surface area (Å²) in [5, 5.41) is 17.5. The Morgan fingerprint density at radius 3 is 2.27 bits per heavy atom. The average molecular weight is 619 g/mol. The van der Waals surface area contributed by atoms with E-state index >= 15 is 0 Å². The first-order chi connectivity index (χ1) is 21.1. The van der Waals surface area contributed by atoms with Gasteiger partial charge in [-0.25, -0.2) is 17.5 Å². The summed E-state index contributed by atoms with van der Waals surface area (Å²) < 4.78 is 40.5. The van der Waals surface area contributed by atoms with Gasteiger partial charge in [-0.05, 0) is 67.6 Å². The number of rotatable bonds is 7. The zero-order valence-electron chi connectivity index (χ0n) is 24.6. The fraction of sp³-hybridized carbons (Fsp3) is 0.438. The molecule has 12 heteroatoms. The van der Waals surface area contributed by atoms with Crippen LogP contribution in [0.25, 0.3) is 16.8 Å². The van der Waals surface area contributed by atoms with Crippen LogP contribution in [-0.2, 0) is 14.8 Å². The van der Waals surface area contributed by atoms with Crippen molar-refractivity contribution in [2.24, 2.45) is 5.92 Å². The molecule has 6 rings (SSSR count). The molecule has 0 radical (unpaired) electrons. The van der Waals surface area contributed by atoms with Crippen LogP contribution in [0.3, 0.4) is 0 Å². The van der Waals surface area contributed by atoms with Gasteiger partial charge < -0.3 is 10.2 Å². The number of carbonyl (C=O) groups excluding carboxylic acids is 2. The number of amides is 2. The minimum absolute atomic E-state index is 0.118. The first-order valence-corrected chi connectivity index (χ1v) is 16.9. The van der Waals surface area contributed by atoms with E-state index in [0.717, 1.165) is 36.1 Å². The van der Waals surface area contributed by atoms with Crippen molar-refractivity contribution in [2.45, 2.75) is 50.0 Å². The lowest BCUT2D eigenvalue weighted by Gasteiger charge is -2.33. The maximum atomic E-state index is 13.7. The summed E-state index contributed by atoms with van der Waals surface area (Å²) in [6.45, 7) is 1.17. The molecule has 2 aliphatic carbocycles. The summed E-state index contributed by atoms with van der Waals surface area (Å²) in [5.74, 6) is -1.15. The van der Waals surface area contributed by atoms with Crippen LogP contribution in [0.2, 0.25) is 0 Å². The number of sulfonamides is 1. The van der Waals surface area contributed by atoms with E-state index < -0.39 is 15.6 Å². The number of nitriles is 1. The molecule has 1 aliphatic heterocycles. The predicted molar refractivity (Wildman–Crippen MR) is 162 cm³/mol. The normalized spacial score (nSPS) is 21.8. The summed E-state index contributed by atoms with van der Waals surface area (Å²) in [6.07, 6.45) is 7.70. The average Bonchev–Trinajstić information content (AvgIpc) is 3.67. The van der Waals surface area contributed by atoms with E-state index in [-0.39, 0.29) is 42.6 Å². The second kappa shape index (κ2) is 11.8. The van der Waals surface area contributed by atoms with Crippen molar-refractivity contribution >= 4 is 21.8 Å². The van der Waals surface area contributed by atoms with Crippen molar-refractivity contribution < 1.29 is 22.4 Å². The van der Waals surface area contributed by atoms with Gasteiger partial charge >= 0.3 is 0 Å². The molecule has 2 heterocycles. The Kier molecular flexibility index (Phi) is 8.02. The van der Waals surface area contributed by atoms with Crippen LogP contribution >= 0.6 is 0 Å². The topological polar surface area (TPSA) is 128 Å². The van der Waals surface area contributed by atoms with Gasteiger partial charge in [0.1, 0.15) is 11.4 Å². The van der Waals surface area contributed by atoms with Crippen LogP contribution < -0.4 is 5.32 Å². The quantitative estimate of drug-likeness (QED) is 0.429. The highest BCUT2D eigenvalue weighted by Crippen LogP contribution is 2.43. The molecule has 44 heavy (non-hydrogen) atoms. The minimum Gasteiger partial charge on any atom is -0.338 e. The van der Waals surface area contributed by atoms with E-state index in [0.29, 0.717) is 43.6 Å². The van der Waals surface area contributed by atoms with Crippen LogP contribution in [0.5, 0.6) is 0 Å². The lowest BCUT2D eigenvalue weighted by atomic mass is 9.75. The molecule has 1 saturated heterocycles. The second-order valence-corrected chi connectivity index (χ2v) is 14.0. The highest BCUT2D eigenvalue weighted by Gasteiger charge is 2.47. The molecule has 0 spiro atoms. The number of aromatic nitrogens is 2. The lowest BCUT2D eigenvalue weighted by Crippen LogP contribution is -2.50. The predicted octanol–water partition coefficient (Wildman–Crippen LogP) is 3.84. The zero-order chi connectivity index (χ0) is 31.1. The maximum absolute atomic E-state index is 13.7. The number of hydrogen-bond acceptors (Lipinski definition) is 6. The molecule has 2 aromatic carbocycles. The van der Waals surface area contributed by atoms with Gasteiger partial charge in [-0.2, -0.15) is 14.7 Å². The number of nitrogens with one attached hydrogen (secondary N) is 1. The fourth-order valence-electron chi connectivity index (χ4n) is 6.30. The van der Waals surface area contributed by atoms with Gasteiger partial charge in [0.15, 0.2) is 0 Å². The third-order valence-electron chi connectivity index (χ3n) is 9.05. The Bertz CT molecular complexity index is 1700. The smallest absolute Gasteiger partial charge is 0.253 e. The number of benzene rings is 2. The van der Waals surface area contributed by atoms with Crippen LogP contribution in [0, 0.1) is 23.1 Å². The Morgan fingerprint density at radius 1 is 1.00 bits per heavy atom. The van der Waals surface area contributed by atoms with Crippen molar-refractivity contribution in [3.8, 4) is 22.9 Å². The SMILES string of the molecule is CS(=O)(=O)N1CCN(C(=O)c2ccc(-c3cn(-c4ccc(F)cc4)nc3C3CCCCC3C(=O)NC3(C#N)CC3)cc2)CC1. The van der Waals surface area contributed by atoms with Crippen molar-refractivity contribution in [1.29, 1.82) is 5.26 Å². The van der Waals surface area contributed by atoms with Gasteiger partial charge in [0.05, 0.1) is 23.7 Å². The molecular formula is C32H35FN6O4S. The first kappa shape index (κ1) is 30.0. The molecule has 2 atom stereocenters. The Hall–Kier alpha value is -4.08. The minimum atomic E-state index is -3.30. The first-order valence-electron chi connectivity index (χ1n) is 15.0. The summed E-state index contributed by atoms with van der Waals surface area (Å²) in [7, 11) is -3.30. The Labute approximate surface area is 256 Å². The number of halogens is 1. The van der Waals surface area contributed by atoms with Crippen LogP contribution in [0.4, 0.5) is 4.39 Å². The highest BCUT2D eigenvalue weighted by atomic mass is 32.2. The lowest BCUT2D eigenvalue weighted by molar-refractivity contribution is -0.127. The number of nitrogens with zero attached hydrogens (tertiary/aromatic N) is 5. The van der Waals surface area contributed by atoms with E-state index in [4.69, 9.17) is 5.10 Å². The van der Waals surface area contributed by atoms with Crippen molar-refractivity contribution in [1.82, 2.24) is 24.3 Å². The van der Waals surface area contributed by atoms with Crippen LogP contribution in [-0.4, -0.2) is 77.2 Å². The molecule has 2 saturated carbocycles. The van der Waals surface area contributed by atoms with Crippen LogP contribution in [0.15, 0.2) is 54.7 Å². The third-order valence-corrected chi connectivity index (χ3v) is 10.4. The molecule has 3 aliphatic rings. The molecular weight excluding hydrogens is 583 g/mol. The standard InChI is InChI=1S/C32H35FN6O4S/c1-44(42,43)38-18-16-37(17-19-38)31(41)23-8-6-22(7-9-23)28-20-39(25-12-10-24(33)11-13-25)36-29(28)26-4-2-3-5-27(26)30(40)35-32(21-34)14-15-32/h6-13,20,26-27H,2-5,14-19H2,1H3,(H,35,40). The molecule has 10 nitrogen and oxygen atoms in total. The van der Waals surface area contributed by atoms with Gasteiger partial charge in [0.2, 0.25) is 15.9 Å². The van der Waals surface area contributed by atoms with E-state index in [9.17, 15) is 27.7 Å². The fourth-order valence-corrected chi connectivity index (χ4v) is 7.12. The summed E-state index contributed by atoms with van der Waals surface area (Å²) in [4.78, 5) is 28.4. The molecule has 3 aromatic rings. The Morgan fingerprint density at radius 2 is 1.66 bits per heavy atom. The molecule has 2 amide bonds. The number of carbonyl (C=O) groups is 2. The maximum Gasteiger partial charge on any atom is 0.253 e. The van der Waals surface area contributed by atoms with Gasteiger partial charge in [-0.15, -0.1) is 0 Å². The van der Waals surface area contributed by atoms with E-state index in [1.54, 1.807) is 33.8 Å². The van der Waals surface area contributed by atoms with Crippen molar-refractivity contribution in [3.05, 3.63) is 71.8 Å². The van der Waals surface area contributed by atoms with Crippen LogP contribution in [0.1, 0.15) is 60.5 Å². The monoisotopic (exact) mass is 618 g/mol. The van der Waals surface area contributed by atoms with E-state index in [1.807, 2.05) is 18.3 Å². The summed E-state index contributed by atoms with van der Waals surface area (Å²) in [6, 6.07) is 15.5. The van der Waals surface area contributed by atoms with Crippen molar-refractivity contribution in [3.63, 3.8) is 0 Å². The number of piperazine rings is 1. The molecule has 0 bridgehead atoms. The van der Waals surface area contributed by atoms with Gasteiger partial charge in [-0.1, -0.05) is 25.0 Å². The second-order valence-electron chi connectivity index (χ2n) is 12.1. The van der Waals surface area contributed by atoms with Gasteiger partial charge in [0.25, 0.3) is 5.91 Å². The molecule has 1 N–H and O–H groups in total. The zero-order valence-corrected chi connectivity index (χ0v) is 25.4. The third kappa shape index (κ3) is 6.12. The molecule has 1 aromatic heterocycles. The van der Waals surface area contributed by atoms with E-state index in [1.165, 1.54) is 22.7 Å². The van der Waals surface area contributed by atoms with E-state index in [2.05, 4.69) is 11.4 Å². The number of hydrogen-bond donors (Lipinski definition) is 1. The van der Waals surface area contributed by atoms with Crippen molar-refractivity contribution in [2.75, 3.05) is 32.4 Å². The van der Waals surface area contributed by atoms with Gasteiger partial charge in [0, 0.05) is 55.3 Å². The highest BCUT2D eigenvalue weighted by molar-refractivity contribution is 7.88. The summed E-state index contributed by atoms with van der Waals surface area (Å²) in [5.41, 5.74) is 2.82. The molecule has 2 unspecified atom stereocenters. The summed E-state index contributed by atoms with van der Waals surface area (Å²) >= 11 is 0. The Balaban J connectivity index is 1.30. The largest absolute Gasteiger partial charge is 0.338 e.